The fourth-order valence-corrected chi connectivity index (χ4v) is 3.10. The lowest BCUT2D eigenvalue weighted by Crippen LogP contribution is -2.41. The predicted octanol–water partition coefficient (Wildman–Crippen LogP) is 2.80. The van der Waals surface area contributed by atoms with Crippen LogP contribution in [0.3, 0.4) is 0 Å². The number of benzene rings is 1. The molecule has 6 heteroatoms. The highest BCUT2D eigenvalue weighted by Crippen LogP contribution is 2.49. The summed E-state index contributed by atoms with van der Waals surface area (Å²) in [5, 5.41) is 6.77. The molecule has 2 N–H and O–H groups in total. The van der Waals surface area contributed by atoms with Gasteiger partial charge in [0.15, 0.2) is 17.5 Å². The third kappa shape index (κ3) is 3.43. The normalized spacial score (nSPS) is 17.4. The second-order valence-electron chi connectivity index (χ2n) is 6.48. The molecule has 0 amide bonds. The van der Waals surface area contributed by atoms with E-state index in [1.807, 2.05) is 18.2 Å². The van der Waals surface area contributed by atoms with E-state index in [-0.39, 0.29) is 5.41 Å². The number of ether oxygens (including phenoxy) is 2. The van der Waals surface area contributed by atoms with E-state index in [0.29, 0.717) is 13.3 Å². The van der Waals surface area contributed by atoms with Crippen molar-refractivity contribution in [3.05, 3.63) is 47.9 Å². The van der Waals surface area contributed by atoms with Crippen LogP contribution in [0.1, 0.15) is 31.1 Å². The standard InChI is InChI=1S/C19H23N3O3/c1-2-20-18(21-11-15-4-3-9-23-15)22-12-19(7-8-19)14-5-6-16-17(10-14)25-13-24-16/h3-6,9-10H,2,7-8,11-13H2,1H3,(H2,20,21,22). The molecule has 1 fully saturated rings. The van der Waals surface area contributed by atoms with Crippen LogP contribution in [0.15, 0.2) is 46.0 Å². The summed E-state index contributed by atoms with van der Waals surface area (Å²) >= 11 is 0. The van der Waals surface area contributed by atoms with Gasteiger partial charge in [0.2, 0.25) is 6.79 Å². The molecule has 0 radical (unpaired) electrons. The van der Waals surface area contributed by atoms with Gasteiger partial charge < -0.3 is 24.5 Å². The summed E-state index contributed by atoms with van der Waals surface area (Å²) in [6.07, 6.45) is 4.00. The summed E-state index contributed by atoms with van der Waals surface area (Å²) in [6, 6.07) is 10.1. The summed E-state index contributed by atoms with van der Waals surface area (Å²) in [4.78, 5) is 4.59. The smallest absolute Gasteiger partial charge is 0.231 e. The molecule has 0 unspecified atom stereocenters. The van der Waals surface area contributed by atoms with Gasteiger partial charge in [0.25, 0.3) is 0 Å². The van der Waals surface area contributed by atoms with E-state index >= 15 is 0 Å². The van der Waals surface area contributed by atoms with Crippen molar-refractivity contribution in [1.29, 1.82) is 0 Å². The minimum absolute atomic E-state index is 0.155. The van der Waals surface area contributed by atoms with Crippen molar-refractivity contribution in [1.82, 2.24) is 10.6 Å². The number of furan rings is 1. The highest BCUT2D eigenvalue weighted by atomic mass is 16.7. The average molecular weight is 341 g/mol. The molecule has 1 aliphatic heterocycles. The molecule has 1 saturated carbocycles. The molecule has 2 heterocycles. The van der Waals surface area contributed by atoms with Crippen molar-refractivity contribution in [3.63, 3.8) is 0 Å². The zero-order valence-corrected chi connectivity index (χ0v) is 14.4. The topological polar surface area (TPSA) is 68.0 Å². The van der Waals surface area contributed by atoms with Gasteiger partial charge in [-0.3, -0.25) is 0 Å². The van der Waals surface area contributed by atoms with E-state index in [4.69, 9.17) is 13.9 Å². The quantitative estimate of drug-likeness (QED) is 0.625. The number of rotatable bonds is 6. The molecule has 0 bridgehead atoms. The highest BCUT2D eigenvalue weighted by molar-refractivity contribution is 5.80. The second-order valence-corrected chi connectivity index (χ2v) is 6.48. The Morgan fingerprint density at radius 3 is 2.80 bits per heavy atom. The SMILES string of the molecule is CCNC(=NCc1ccco1)NCC1(c2ccc3c(c2)OCO3)CC1. The molecule has 1 aromatic carbocycles. The van der Waals surface area contributed by atoms with Crippen molar-refractivity contribution in [2.45, 2.75) is 31.7 Å². The molecular formula is C19H23N3O3. The molecule has 0 atom stereocenters. The maximum Gasteiger partial charge on any atom is 0.231 e. The van der Waals surface area contributed by atoms with Crippen molar-refractivity contribution in [2.75, 3.05) is 19.9 Å². The van der Waals surface area contributed by atoms with Gasteiger partial charge in [0, 0.05) is 18.5 Å². The first-order valence-electron chi connectivity index (χ1n) is 8.74. The Kier molecular flexibility index (Phi) is 4.26. The molecule has 2 aromatic rings. The molecule has 1 aliphatic carbocycles. The van der Waals surface area contributed by atoms with Gasteiger partial charge in [-0.15, -0.1) is 0 Å². The van der Waals surface area contributed by atoms with E-state index in [1.165, 1.54) is 5.56 Å². The molecule has 2 aliphatic rings. The number of aliphatic imine (C=N–C) groups is 1. The minimum atomic E-state index is 0.155. The summed E-state index contributed by atoms with van der Waals surface area (Å²) in [6.45, 7) is 4.57. The fourth-order valence-electron chi connectivity index (χ4n) is 3.10. The maximum atomic E-state index is 5.52. The molecule has 25 heavy (non-hydrogen) atoms. The fraction of sp³-hybridized carbons (Fsp3) is 0.421. The molecular weight excluding hydrogens is 318 g/mol. The summed E-state index contributed by atoms with van der Waals surface area (Å²) in [5.41, 5.74) is 1.45. The van der Waals surface area contributed by atoms with E-state index in [1.54, 1.807) is 6.26 Å². The first kappa shape index (κ1) is 15.9. The minimum Gasteiger partial charge on any atom is -0.467 e. The summed E-state index contributed by atoms with van der Waals surface area (Å²) < 4.78 is 16.3. The highest BCUT2D eigenvalue weighted by Gasteiger charge is 2.44. The van der Waals surface area contributed by atoms with Gasteiger partial charge in [-0.2, -0.15) is 0 Å². The molecule has 4 rings (SSSR count). The van der Waals surface area contributed by atoms with Gasteiger partial charge >= 0.3 is 0 Å². The maximum absolute atomic E-state index is 5.52. The lowest BCUT2D eigenvalue weighted by atomic mass is 9.95. The van der Waals surface area contributed by atoms with Crippen molar-refractivity contribution >= 4 is 5.96 Å². The number of fused-ring (bicyclic) bond motifs is 1. The Labute approximate surface area is 147 Å². The molecule has 1 aromatic heterocycles. The Balaban J connectivity index is 1.42. The zero-order valence-electron chi connectivity index (χ0n) is 14.4. The Morgan fingerprint density at radius 2 is 2.04 bits per heavy atom. The predicted molar refractivity (Wildman–Crippen MR) is 95.0 cm³/mol. The number of hydrogen-bond donors (Lipinski definition) is 2. The number of hydrogen-bond acceptors (Lipinski definition) is 4. The third-order valence-electron chi connectivity index (χ3n) is 4.75. The van der Waals surface area contributed by atoms with Crippen LogP contribution in [0.4, 0.5) is 0 Å². The van der Waals surface area contributed by atoms with Crippen LogP contribution >= 0.6 is 0 Å². The summed E-state index contributed by atoms with van der Waals surface area (Å²) in [5.74, 6) is 3.35. The van der Waals surface area contributed by atoms with Crippen LogP contribution in [-0.4, -0.2) is 25.8 Å². The number of nitrogens with zero attached hydrogens (tertiary/aromatic N) is 1. The van der Waals surface area contributed by atoms with Crippen LogP contribution in [0.5, 0.6) is 11.5 Å². The van der Waals surface area contributed by atoms with Crippen LogP contribution in [0.2, 0.25) is 0 Å². The first-order valence-corrected chi connectivity index (χ1v) is 8.74. The Bertz CT molecular complexity index is 751. The zero-order chi connectivity index (χ0) is 17.1. The van der Waals surface area contributed by atoms with E-state index in [9.17, 15) is 0 Å². The van der Waals surface area contributed by atoms with Crippen LogP contribution in [0, 0.1) is 0 Å². The largest absolute Gasteiger partial charge is 0.467 e. The Morgan fingerprint density at radius 1 is 1.16 bits per heavy atom. The second kappa shape index (κ2) is 6.70. The lowest BCUT2D eigenvalue weighted by molar-refractivity contribution is 0.174. The van der Waals surface area contributed by atoms with E-state index in [0.717, 1.165) is 49.1 Å². The van der Waals surface area contributed by atoms with E-state index in [2.05, 4.69) is 34.7 Å². The van der Waals surface area contributed by atoms with Gasteiger partial charge in [0.05, 0.1) is 6.26 Å². The summed E-state index contributed by atoms with van der Waals surface area (Å²) in [7, 11) is 0. The van der Waals surface area contributed by atoms with Crippen molar-refractivity contribution in [2.24, 2.45) is 4.99 Å². The van der Waals surface area contributed by atoms with Gasteiger partial charge in [0.1, 0.15) is 12.3 Å². The average Bonchev–Trinajstić information content (AvgIpc) is 3.04. The van der Waals surface area contributed by atoms with Crippen molar-refractivity contribution in [3.8, 4) is 11.5 Å². The molecule has 0 saturated heterocycles. The van der Waals surface area contributed by atoms with Gasteiger partial charge in [-0.25, -0.2) is 4.99 Å². The molecule has 0 spiro atoms. The third-order valence-corrected chi connectivity index (χ3v) is 4.75. The monoisotopic (exact) mass is 341 g/mol. The number of nitrogens with one attached hydrogen (secondary N) is 2. The molecule has 132 valence electrons. The van der Waals surface area contributed by atoms with Crippen LogP contribution < -0.4 is 20.1 Å². The van der Waals surface area contributed by atoms with E-state index < -0.39 is 0 Å². The molecule has 6 nitrogen and oxygen atoms in total. The van der Waals surface area contributed by atoms with Crippen molar-refractivity contribution < 1.29 is 13.9 Å². The number of guanidine groups is 1. The van der Waals surface area contributed by atoms with Crippen LogP contribution in [0.25, 0.3) is 0 Å². The lowest BCUT2D eigenvalue weighted by Gasteiger charge is -2.19. The van der Waals surface area contributed by atoms with Gasteiger partial charge in [-0.05, 0) is 49.6 Å². The van der Waals surface area contributed by atoms with Gasteiger partial charge in [-0.1, -0.05) is 6.07 Å². The van der Waals surface area contributed by atoms with Crippen LogP contribution in [-0.2, 0) is 12.0 Å². The first-order chi connectivity index (χ1) is 12.3. The Hall–Kier alpha value is -2.63.